The standard InChI is InChI=1S/C15H21BrN2/c1-14(2)10-18(11-15(7-8-15)9-17-14)13-5-3-12(16)4-6-13/h3-6,17H,7-11H2,1-2H3. The highest BCUT2D eigenvalue weighted by Gasteiger charge is 2.47. The molecule has 0 unspecified atom stereocenters. The molecule has 0 atom stereocenters. The van der Waals surface area contributed by atoms with Crippen molar-refractivity contribution < 1.29 is 0 Å². The normalized spacial score (nSPS) is 24.9. The summed E-state index contributed by atoms with van der Waals surface area (Å²) in [6.45, 7) is 8.06. The summed E-state index contributed by atoms with van der Waals surface area (Å²) in [5, 5.41) is 3.73. The Morgan fingerprint density at radius 2 is 1.78 bits per heavy atom. The number of anilines is 1. The summed E-state index contributed by atoms with van der Waals surface area (Å²) in [7, 11) is 0. The van der Waals surface area contributed by atoms with E-state index in [4.69, 9.17) is 0 Å². The number of rotatable bonds is 1. The molecule has 3 heteroatoms. The van der Waals surface area contributed by atoms with Gasteiger partial charge in [0.1, 0.15) is 0 Å². The fourth-order valence-corrected chi connectivity index (χ4v) is 3.09. The molecule has 1 saturated carbocycles. The highest BCUT2D eigenvalue weighted by atomic mass is 79.9. The zero-order valence-electron chi connectivity index (χ0n) is 11.2. The van der Waals surface area contributed by atoms with Crippen molar-refractivity contribution in [2.24, 2.45) is 5.41 Å². The summed E-state index contributed by atoms with van der Waals surface area (Å²) in [5.41, 5.74) is 2.08. The van der Waals surface area contributed by atoms with E-state index in [0.29, 0.717) is 5.41 Å². The van der Waals surface area contributed by atoms with Crippen LogP contribution < -0.4 is 10.2 Å². The van der Waals surface area contributed by atoms with E-state index >= 15 is 0 Å². The van der Waals surface area contributed by atoms with Gasteiger partial charge in [0.15, 0.2) is 0 Å². The lowest BCUT2D eigenvalue weighted by Crippen LogP contribution is -2.46. The number of halogens is 1. The summed E-state index contributed by atoms with van der Waals surface area (Å²) < 4.78 is 1.15. The first-order valence-electron chi connectivity index (χ1n) is 6.74. The fraction of sp³-hybridized carbons (Fsp3) is 0.600. The van der Waals surface area contributed by atoms with Gasteiger partial charge in [-0.05, 0) is 51.0 Å². The largest absolute Gasteiger partial charge is 0.369 e. The minimum atomic E-state index is 0.194. The van der Waals surface area contributed by atoms with Crippen LogP contribution in [0.3, 0.4) is 0 Å². The monoisotopic (exact) mass is 308 g/mol. The molecule has 1 N–H and O–H groups in total. The Labute approximate surface area is 118 Å². The van der Waals surface area contributed by atoms with Gasteiger partial charge < -0.3 is 10.2 Å². The number of nitrogens with zero attached hydrogens (tertiary/aromatic N) is 1. The van der Waals surface area contributed by atoms with Crippen LogP contribution in [0.2, 0.25) is 0 Å². The zero-order valence-corrected chi connectivity index (χ0v) is 12.8. The topological polar surface area (TPSA) is 15.3 Å². The molecule has 2 fully saturated rings. The van der Waals surface area contributed by atoms with E-state index in [1.54, 1.807) is 0 Å². The van der Waals surface area contributed by atoms with Gasteiger partial charge >= 0.3 is 0 Å². The maximum absolute atomic E-state index is 3.73. The molecule has 1 saturated heterocycles. The van der Waals surface area contributed by atoms with Crippen LogP contribution in [0.25, 0.3) is 0 Å². The van der Waals surface area contributed by atoms with Gasteiger partial charge in [-0.15, -0.1) is 0 Å². The van der Waals surface area contributed by atoms with Gasteiger partial charge in [-0.25, -0.2) is 0 Å². The first kappa shape index (κ1) is 12.5. The average Bonchev–Trinajstić information content (AvgIpc) is 3.08. The average molecular weight is 309 g/mol. The van der Waals surface area contributed by atoms with Crippen molar-refractivity contribution in [1.82, 2.24) is 5.32 Å². The molecular formula is C15H21BrN2. The first-order valence-corrected chi connectivity index (χ1v) is 7.53. The number of hydrogen-bond donors (Lipinski definition) is 1. The van der Waals surface area contributed by atoms with Gasteiger partial charge in [-0.1, -0.05) is 15.9 Å². The van der Waals surface area contributed by atoms with E-state index in [2.05, 4.69) is 64.3 Å². The SMILES string of the molecule is CC1(C)CN(c2ccc(Br)cc2)CC2(CC2)CN1. The summed E-state index contributed by atoms with van der Waals surface area (Å²) in [6, 6.07) is 8.73. The Hall–Kier alpha value is -0.540. The molecule has 1 spiro atoms. The highest BCUT2D eigenvalue weighted by molar-refractivity contribution is 9.10. The Balaban J connectivity index is 1.86. The summed E-state index contributed by atoms with van der Waals surface area (Å²) in [4.78, 5) is 2.55. The number of nitrogens with one attached hydrogen (secondary N) is 1. The van der Waals surface area contributed by atoms with Crippen molar-refractivity contribution in [1.29, 1.82) is 0 Å². The predicted molar refractivity (Wildman–Crippen MR) is 80.1 cm³/mol. The molecule has 0 radical (unpaired) electrons. The molecule has 0 aromatic heterocycles. The number of hydrogen-bond acceptors (Lipinski definition) is 2. The summed E-state index contributed by atoms with van der Waals surface area (Å²) in [6.07, 6.45) is 2.76. The summed E-state index contributed by atoms with van der Waals surface area (Å²) in [5.74, 6) is 0. The van der Waals surface area contributed by atoms with Crippen molar-refractivity contribution in [3.8, 4) is 0 Å². The van der Waals surface area contributed by atoms with E-state index in [9.17, 15) is 0 Å². The van der Waals surface area contributed by atoms with Crippen LogP contribution in [-0.2, 0) is 0 Å². The van der Waals surface area contributed by atoms with Crippen LogP contribution in [0.1, 0.15) is 26.7 Å². The third-order valence-electron chi connectivity index (χ3n) is 4.20. The van der Waals surface area contributed by atoms with E-state index < -0.39 is 0 Å². The summed E-state index contributed by atoms with van der Waals surface area (Å²) >= 11 is 3.51. The van der Waals surface area contributed by atoms with Gasteiger partial charge in [0.25, 0.3) is 0 Å². The van der Waals surface area contributed by atoms with Crippen LogP contribution in [0.5, 0.6) is 0 Å². The fourth-order valence-electron chi connectivity index (χ4n) is 2.82. The van der Waals surface area contributed by atoms with Crippen molar-refractivity contribution in [2.75, 3.05) is 24.5 Å². The smallest absolute Gasteiger partial charge is 0.0367 e. The molecule has 3 rings (SSSR count). The lowest BCUT2D eigenvalue weighted by Gasteiger charge is -2.31. The van der Waals surface area contributed by atoms with E-state index in [-0.39, 0.29) is 5.54 Å². The third-order valence-corrected chi connectivity index (χ3v) is 4.73. The third kappa shape index (κ3) is 2.57. The van der Waals surface area contributed by atoms with Crippen LogP contribution in [-0.4, -0.2) is 25.2 Å². The molecule has 2 aliphatic rings. The van der Waals surface area contributed by atoms with Crippen molar-refractivity contribution in [3.63, 3.8) is 0 Å². The molecule has 1 aromatic rings. The van der Waals surface area contributed by atoms with Crippen molar-refractivity contribution in [3.05, 3.63) is 28.7 Å². The maximum Gasteiger partial charge on any atom is 0.0367 e. The highest BCUT2D eigenvalue weighted by Crippen LogP contribution is 2.47. The second-order valence-corrected chi connectivity index (χ2v) is 7.49. The van der Waals surface area contributed by atoms with Crippen LogP contribution in [0, 0.1) is 5.41 Å². The van der Waals surface area contributed by atoms with Gasteiger partial charge in [-0.2, -0.15) is 0 Å². The van der Waals surface area contributed by atoms with Gasteiger partial charge in [0.05, 0.1) is 0 Å². The minimum absolute atomic E-state index is 0.194. The van der Waals surface area contributed by atoms with Crippen LogP contribution >= 0.6 is 15.9 Å². The molecule has 1 heterocycles. The Bertz CT molecular complexity index is 426. The number of benzene rings is 1. The zero-order chi connectivity index (χ0) is 12.8. The second-order valence-electron chi connectivity index (χ2n) is 6.57. The van der Waals surface area contributed by atoms with Crippen LogP contribution in [0.4, 0.5) is 5.69 Å². The molecular weight excluding hydrogens is 288 g/mol. The van der Waals surface area contributed by atoms with Gasteiger partial charge in [0, 0.05) is 40.7 Å². The molecule has 1 aliphatic carbocycles. The molecule has 98 valence electrons. The van der Waals surface area contributed by atoms with Gasteiger partial charge in [-0.3, -0.25) is 0 Å². The molecule has 1 aliphatic heterocycles. The van der Waals surface area contributed by atoms with E-state index in [1.807, 2.05) is 0 Å². The molecule has 18 heavy (non-hydrogen) atoms. The predicted octanol–water partition coefficient (Wildman–Crippen LogP) is 3.42. The maximum atomic E-state index is 3.73. The molecule has 0 amide bonds. The van der Waals surface area contributed by atoms with Crippen molar-refractivity contribution >= 4 is 21.6 Å². The lowest BCUT2D eigenvalue weighted by atomic mass is 10.1. The quantitative estimate of drug-likeness (QED) is 0.855. The van der Waals surface area contributed by atoms with Crippen LogP contribution in [0.15, 0.2) is 28.7 Å². The second kappa shape index (κ2) is 4.24. The van der Waals surface area contributed by atoms with E-state index in [1.165, 1.54) is 31.6 Å². The van der Waals surface area contributed by atoms with Crippen molar-refractivity contribution in [2.45, 2.75) is 32.2 Å². The lowest BCUT2D eigenvalue weighted by molar-refractivity contribution is 0.389. The first-order chi connectivity index (χ1) is 8.48. The molecule has 2 nitrogen and oxygen atoms in total. The molecule has 0 bridgehead atoms. The Kier molecular flexibility index (Phi) is 2.94. The molecule has 1 aromatic carbocycles. The van der Waals surface area contributed by atoms with E-state index in [0.717, 1.165) is 11.0 Å². The Morgan fingerprint density at radius 3 is 2.39 bits per heavy atom. The minimum Gasteiger partial charge on any atom is -0.369 e. The Morgan fingerprint density at radius 1 is 1.11 bits per heavy atom. The van der Waals surface area contributed by atoms with Gasteiger partial charge in [0.2, 0.25) is 0 Å².